The smallest absolute Gasteiger partial charge is 0.0259 e. The van der Waals surface area contributed by atoms with Crippen LogP contribution in [0.3, 0.4) is 0 Å². The number of nitrogens with zero attached hydrogens (tertiary/aromatic N) is 2. The van der Waals surface area contributed by atoms with Crippen LogP contribution in [0.4, 0.5) is 0 Å². The van der Waals surface area contributed by atoms with Gasteiger partial charge < -0.3 is 4.90 Å². The Bertz CT molecular complexity index is 176. The molecule has 0 aromatic rings. The fraction of sp³-hybridized carbons (Fsp3) is 1.00. The maximum absolute atomic E-state index is 3.70. The number of nitrogens with one attached hydrogen (secondary N) is 1. The highest BCUT2D eigenvalue weighted by atomic mass is 15.5. The first kappa shape index (κ1) is 13.9. The van der Waals surface area contributed by atoms with E-state index >= 15 is 0 Å². The third kappa shape index (κ3) is 4.81. The Morgan fingerprint density at radius 1 is 1.06 bits per heavy atom. The Hall–Kier alpha value is -0.120. The lowest BCUT2D eigenvalue weighted by Crippen LogP contribution is -2.53. The minimum atomic E-state index is 0.665. The average molecular weight is 227 g/mol. The number of likely N-dealkylation sites (N-methyl/N-ethyl adjacent to an activating group) is 1. The van der Waals surface area contributed by atoms with E-state index in [9.17, 15) is 0 Å². The second kappa shape index (κ2) is 7.25. The summed E-state index contributed by atoms with van der Waals surface area (Å²) in [6.07, 6.45) is 3.83. The largest absolute Gasteiger partial charge is 0.304 e. The van der Waals surface area contributed by atoms with Gasteiger partial charge in [-0.25, -0.2) is 5.01 Å². The van der Waals surface area contributed by atoms with Crippen LogP contribution in [0.25, 0.3) is 0 Å². The van der Waals surface area contributed by atoms with Gasteiger partial charge in [-0.3, -0.25) is 5.43 Å². The quantitative estimate of drug-likeness (QED) is 0.748. The summed E-state index contributed by atoms with van der Waals surface area (Å²) in [5.41, 5.74) is 3.70. The lowest BCUT2D eigenvalue weighted by Gasteiger charge is -2.35. The minimum absolute atomic E-state index is 0.665. The normalized spacial score (nSPS) is 23.2. The number of hydrazine groups is 1. The summed E-state index contributed by atoms with van der Waals surface area (Å²) < 4.78 is 0. The predicted octanol–water partition coefficient (Wildman–Crippen LogP) is 1.95. The van der Waals surface area contributed by atoms with Crippen LogP contribution in [-0.4, -0.2) is 49.2 Å². The van der Waals surface area contributed by atoms with Crippen LogP contribution >= 0.6 is 0 Å². The summed E-state index contributed by atoms with van der Waals surface area (Å²) in [7, 11) is 2.20. The third-order valence-electron chi connectivity index (χ3n) is 3.75. The summed E-state index contributed by atoms with van der Waals surface area (Å²) in [4.78, 5) is 2.40. The van der Waals surface area contributed by atoms with E-state index in [0.717, 1.165) is 19.0 Å². The minimum Gasteiger partial charge on any atom is -0.304 e. The molecule has 0 aliphatic carbocycles. The molecule has 1 N–H and O–H groups in total. The zero-order valence-electron chi connectivity index (χ0n) is 11.5. The van der Waals surface area contributed by atoms with Gasteiger partial charge >= 0.3 is 0 Å². The van der Waals surface area contributed by atoms with Gasteiger partial charge in [-0.1, -0.05) is 27.2 Å². The van der Waals surface area contributed by atoms with Gasteiger partial charge in [0.05, 0.1) is 0 Å². The number of hydrogen-bond donors (Lipinski definition) is 1. The molecule has 3 heteroatoms. The van der Waals surface area contributed by atoms with Crippen molar-refractivity contribution in [3.05, 3.63) is 0 Å². The van der Waals surface area contributed by atoms with E-state index in [4.69, 9.17) is 0 Å². The molecule has 0 radical (unpaired) electrons. The van der Waals surface area contributed by atoms with E-state index in [2.05, 4.69) is 43.2 Å². The Kier molecular flexibility index (Phi) is 6.32. The van der Waals surface area contributed by atoms with Crippen molar-refractivity contribution >= 4 is 0 Å². The first-order valence-corrected chi connectivity index (χ1v) is 6.85. The molecule has 1 rings (SSSR count). The molecular formula is C13H29N3. The summed E-state index contributed by atoms with van der Waals surface area (Å²) in [5, 5.41) is 2.41. The van der Waals surface area contributed by atoms with E-state index in [1.807, 2.05) is 0 Å². The zero-order valence-corrected chi connectivity index (χ0v) is 11.5. The summed E-state index contributed by atoms with van der Waals surface area (Å²) in [6.45, 7) is 11.6. The van der Waals surface area contributed by atoms with Crippen molar-refractivity contribution in [1.29, 1.82) is 0 Å². The second-order valence-corrected chi connectivity index (χ2v) is 5.27. The summed E-state index contributed by atoms with van der Waals surface area (Å²) in [6, 6.07) is 0.665. The van der Waals surface area contributed by atoms with Gasteiger partial charge in [-0.2, -0.15) is 0 Å². The van der Waals surface area contributed by atoms with E-state index < -0.39 is 0 Å². The predicted molar refractivity (Wildman–Crippen MR) is 70.4 cm³/mol. The first-order chi connectivity index (χ1) is 7.65. The molecule has 16 heavy (non-hydrogen) atoms. The molecule has 0 amide bonds. The highest BCUT2D eigenvalue weighted by Crippen LogP contribution is 2.12. The van der Waals surface area contributed by atoms with E-state index in [1.54, 1.807) is 0 Å². The van der Waals surface area contributed by atoms with Crippen LogP contribution in [0.1, 0.15) is 40.0 Å². The van der Waals surface area contributed by atoms with Crippen LogP contribution in [0.2, 0.25) is 0 Å². The van der Waals surface area contributed by atoms with Crippen LogP contribution in [0.5, 0.6) is 0 Å². The maximum atomic E-state index is 3.70. The van der Waals surface area contributed by atoms with Crippen molar-refractivity contribution < 1.29 is 0 Å². The van der Waals surface area contributed by atoms with Crippen LogP contribution in [-0.2, 0) is 0 Å². The molecule has 0 bridgehead atoms. The van der Waals surface area contributed by atoms with Crippen LogP contribution in [0.15, 0.2) is 0 Å². The lowest BCUT2D eigenvalue weighted by atomic mass is 9.98. The van der Waals surface area contributed by atoms with Gasteiger partial charge in [0, 0.05) is 32.2 Å². The molecule has 1 aliphatic heterocycles. The summed E-state index contributed by atoms with van der Waals surface area (Å²) >= 11 is 0. The average Bonchev–Trinajstić information content (AvgIpc) is 2.30. The van der Waals surface area contributed by atoms with Crippen molar-refractivity contribution in [3.63, 3.8) is 0 Å². The molecule has 1 fully saturated rings. The monoisotopic (exact) mass is 227 g/mol. The topological polar surface area (TPSA) is 18.5 Å². The van der Waals surface area contributed by atoms with E-state index in [-0.39, 0.29) is 0 Å². The summed E-state index contributed by atoms with van der Waals surface area (Å²) in [5.74, 6) is 0.838. The van der Waals surface area contributed by atoms with Gasteiger partial charge in [0.15, 0.2) is 0 Å². The first-order valence-electron chi connectivity index (χ1n) is 6.85. The standard InChI is InChI=1S/C13H29N3/c1-5-12(3)11-13(6-2)14-16-9-7-15(4)8-10-16/h12-14H,5-11H2,1-4H3. The van der Waals surface area contributed by atoms with Gasteiger partial charge in [0.1, 0.15) is 0 Å². The second-order valence-electron chi connectivity index (χ2n) is 5.27. The molecule has 0 aromatic heterocycles. The van der Waals surface area contributed by atoms with E-state index in [0.29, 0.717) is 6.04 Å². The molecule has 96 valence electrons. The highest BCUT2D eigenvalue weighted by Gasteiger charge is 2.17. The Balaban J connectivity index is 2.27. The molecular weight excluding hydrogens is 198 g/mol. The number of piperazine rings is 1. The third-order valence-corrected chi connectivity index (χ3v) is 3.75. The molecule has 1 saturated heterocycles. The SMILES string of the molecule is CCC(C)CC(CC)NN1CCN(C)CC1. The molecule has 3 nitrogen and oxygen atoms in total. The molecule has 2 unspecified atom stereocenters. The van der Waals surface area contributed by atoms with Gasteiger partial charge in [0.2, 0.25) is 0 Å². The van der Waals surface area contributed by atoms with Crippen LogP contribution < -0.4 is 5.43 Å². The van der Waals surface area contributed by atoms with Gasteiger partial charge in [0.25, 0.3) is 0 Å². The molecule has 0 spiro atoms. The number of rotatable bonds is 6. The molecule has 0 saturated carbocycles. The highest BCUT2D eigenvalue weighted by molar-refractivity contribution is 4.71. The molecule has 1 heterocycles. The van der Waals surface area contributed by atoms with Crippen molar-refractivity contribution in [2.45, 2.75) is 46.1 Å². The fourth-order valence-electron chi connectivity index (χ4n) is 2.16. The van der Waals surface area contributed by atoms with Crippen molar-refractivity contribution in [3.8, 4) is 0 Å². The van der Waals surface area contributed by atoms with Crippen molar-refractivity contribution in [2.75, 3.05) is 33.2 Å². The molecule has 2 atom stereocenters. The van der Waals surface area contributed by atoms with Gasteiger partial charge in [-0.15, -0.1) is 0 Å². The van der Waals surface area contributed by atoms with Crippen LogP contribution in [0, 0.1) is 5.92 Å². The zero-order chi connectivity index (χ0) is 12.0. The Morgan fingerprint density at radius 2 is 1.69 bits per heavy atom. The van der Waals surface area contributed by atoms with Crippen molar-refractivity contribution in [2.24, 2.45) is 5.92 Å². The Morgan fingerprint density at radius 3 is 2.19 bits per heavy atom. The molecule has 1 aliphatic rings. The van der Waals surface area contributed by atoms with Gasteiger partial charge in [-0.05, 0) is 25.8 Å². The maximum Gasteiger partial charge on any atom is 0.0259 e. The Labute approximate surface area is 101 Å². The van der Waals surface area contributed by atoms with E-state index in [1.165, 1.54) is 32.4 Å². The molecule has 0 aromatic carbocycles. The van der Waals surface area contributed by atoms with Crippen molar-refractivity contribution in [1.82, 2.24) is 15.3 Å². The fourth-order valence-corrected chi connectivity index (χ4v) is 2.16. The lowest BCUT2D eigenvalue weighted by molar-refractivity contribution is 0.0804. The number of hydrogen-bond acceptors (Lipinski definition) is 3.